The van der Waals surface area contributed by atoms with Crippen LogP contribution in [0.1, 0.15) is 54.4 Å². The summed E-state index contributed by atoms with van der Waals surface area (Å²) in [4.78, 5) is 21.6. The summed E-state index contributed by atoms with van der Waals surface area (Å²) in [6.45, 7) is 4.32. The lowest BCUT2D eigenvalue weighted by molar-refractivity contribution is 0.420. The first-order valence-corrected chi connectivity index (χ1v) is 22.1. The molecular weight excluding hydrogens is 757 g/mol. The smallest absolute Gasteiger partial charge is 0.164 e. The number of thioether (sulfide) groups is 1. The van der Waals surface area contributed by atoms with Gasteiger partial charge in [0.05, 0.1) is 5.69 Å². The predicted molar refractivity (Wildman–Crippen MR) is 250 cm³/mol. The molecule has 0 spiro atoms. The highest BCUT2D eigenvalue weighted by Gasteiger charge is 2.24. The molecule has 2 aromatic heterocycles. The number of hydrogen-bond donors (Lipinski definition) is 0. The maximum Gasteiger partial charge on any atom is 0.164 e. The Kier molecular flexibility index (Phi) is 10.2. The minimum absolute atomic E-state index is 0.469. The van der Waals surface area contributed by atoms with Crippen LogP contribution in [0.2, 0.25) is 0 Å². The van der Waals surface area contributed by atoms with Gasteiger partial charge in [0.25, 0.3) is 0 Å². The average molecular weight is 799 g/mol. The molecule has 2 heterocycles. The lowest BCUT2D eigenvalue weighted by Gasteiger charge is -2.27. The second-order valence-corrected chi connectivity index (χ2v) is 17.4. The summed E-state index contributed by atoms with van der Waals surface area (Å²) < 4.78 is 2.72. The van der Waals surface area contributed by atoms with Crippen molar-refractivity contribution in [1.82, 2.24) is 15.0 Å². The van der Waals surface area contributed by atoms with Crippen LogP contribution in [0.5, 0.6) is 0 Å². The molecule has 0 N–H and O–H groups in total. The number of aromatic nitrogens is 3. The Morgan fingerprint density at radius 2 is 1.22 bits per heavy atom. The van der Waals surface area contributed by atoms with E-state index in [0.717, 1.165) is 52.2 Å². The molecule has 59 heavy (non-hydrogen) atoms. The summed E-state index contributed by atoms with van der Waals surface area (Å²) in [6.07, 6.45) is 3.57. The van der Waals surface area contributed by atoms with Gasteiger partial charge in [0.15, 0.2) is 17.5 Å². The molecule has 0 atom stereocenters. The van der Waals surface area contributed by atoms with Gasteiger partial charge in [0.2, 0.25) is 0 Å². The second-order valence-electron chi connectivity index (χ2n) is 15.3. The summed E-state index contributed by atoms with van der Waals surface area (Å²) in [5, 5.41) is 2.66. The van der Waals surface area contributed by atoms with E-state index >= 15 is 0 Å². The topological polar surface area (TPSA) is 51.0 Å². The molecule has 286 valence electrons. The molecule has 7 aromatic carbocycles. The van der Waals surface area contributed by atoms with Crippen LogP contribution in [0.3, 0.4) is 0 Å². The van der Waals surface area contributed by atoms with Gasteiger partial charge < -0.3 is 0 Å². The van der Waals surface area contributed by atoms with Crippen molar-refractivity contribution < 1.29 is 0 Å². The maximum atomic E-state index is 5.30. The first kappa shape index (κ1) is 37.1. The molecule has 10 rings (SSSR count). The van der Waals surface area contributed by atoms with Gasteiger partial charge in [-0.3, -0.25) is 4.99 Å². The second kappa shape index (κ2) is 16.2. The predicted octanol–water partition coefficient (Wildman–Crippen LogP) is 14.9. The Bertz CT molecular complexity index is 2930. The number of aryl methyl sites for hydroxylation is 1. The van der Waals surface area contributed by atoms with Crippen molar-refractivity contribution in [3.05, 3.63) is 186 Å². The average Bonchev–Trinajstić information content (AvgIpc) is 3.66. The molecule has 4 nitrogen and oxygen atoms in total. The van der Waals surface area contributed by atoms with Crippen LogP contribution in [0.15, 0.2) is 174 Å². The summed E-state index contributed by atoms with van der Waals surface area (Å²) in [6, 6.07) is 58.0. The summed E-state index contributed by atoms with van der Waals surface area (Å²) in [5.41, 5.74) is 12.5. The molecule has 1 aliphatic rings. The zero-order valence-electron chi connectivity index (χ0n) is 33.1. The van der Waals surface area contributed by atoms with Crippen LogP contribution in [0.4, 0.5) is 5.69 Å². The normalized spacial score (nSPS) is 13.2. The lowest BCUT2D eigenvalue weighted by atomic mass is 9.79. The minimum atomic E-state index is 0.469. The first-order chi connectivity index (χ1) is 29.1. The largest absolute Gasteiger partial charge is 0.253 e. The van der Waals surface area contributed by atoms with Gasteiger partial charge >= 0.3 is 0 Å². The Morgan fingerprint density at radius 3 is 1.88 bits per heavy atom. The molecular formula is C53H42N4S2. The Morgan fingerprint density at radius 1 is 0.610 bits per heavy atom. The number of aliphatic imine (C=N–C) groups is 1. The van der Waals surface area contributed by atoms with Crippen LogP contribution in [-0.2, 0) is 5.75 Å². The molecule has 1 saturated carbocycles. The van der Waals surface area contributed by atoms with Crippen molar-refractivity contribution in [3.63, 3.8) is 0 Å². The van der Waals surface area contributed by atoms with Crippen LogP contribution in [0.25, 0.3) is 65.5 Å². The van der Waals surface area contributed by atoms with Crippen LogP contribution in [-0.4, -0.2) is 20.7 Å². The van der Waals surface area contributed by atoms with Gasteiger partial charge in [0, 0.05) is 53.2 Å². The SMILES string of the molecule is CC(=Nc1ccc(-c2nc(-c3ccccc3)nc(-c3ccccc3)n2)cc1C1CCC1)c1ccc(-c2cccc3c2sc2c(CSc4ccccc4C)cccc23)cc1. The molecule has 0 amide bonds. The number of thiophene rings is 1. The van der Waals surface area contributed by atoms with Gasteiger partial charge in [-0.2, -0.15) is 0 Å². The summed E-state index contributed by atoms with van der Waals surface area (Å²) in [5.74, 6) is 3.43. The standard InChI is InChI=1S/C53H42N4S2/c1-34-14-9-10-25-48(34)58-33-42-21-12-23-44-45-24-13-22-43(50(45)59-49(42)44)38-28-26-36(27-29-38)35(2)54-47-31-30-41(32-46(47)37-19-11-20-37)53-56-51(39-15-5-3-6-16-39)55-52(57-53)40-17-7-4-8-18-40/h3-10,12-18,21-32,37H,11,19-20,33H2,1-2H3. The Balaban J connectivity index is 0.957. The molecule has 1 fully saturated rings. The number of fused-ring (bicyclic) bond motifs is 3. The Hall–Kier alpha value is -6.21. The fourth-order valence-corrected chi connectivity index (χ4v) is 10.5. The molecule has 0 aliphatic heterocycles. The van der Waals surface area contributed by atoms with E-state index in [9.17, 15) is 0 Å². The van der Waals surface area contributed by atoms with Crippen LogP contribution < -0.4 is 0 Å². The Labute approximate surface area is 353 Å². The van der Waals surface area contributed by atoms with Crippen molar-refractivity contribution in [2.45, 2.75) is 49.7 Å². The zero-order chi connectivity index (χ0) is 39.7. The highest BCUT2D eigenvalue weighted by atomic mass is 32.2. The highest BCUT2D eigenvalue weighted by molar-refractivity contribution is 7.98. The highest BCUT2D eigenvalue weighted by Crippen LogP contribution is 2.44. The molecule has 6 heteroatoms. The first-order valence-electron chi connectivity index (χ1n) is 20.3. The third kappa shape index (κ3) is 7.51. The molecule has 0 saturated heterocycles. The molecule has 9 aromatic rings. The molecule has 0 bridgehead atoms. The van der Waals surface area contributed by atoms with E-state index in [1.807, 2.05) is 59.5 Å². The number of nitrogens with zero attached hydrogens (tertiary/aromatic N) is 4. The minimum Gasteiger partial charge on any atom is -0.253 e. The fraction of sp³-hybridized carbons (Fsp3) is 0.132. The van der Waals surface area contributed by atoms with Gasteiger partial charge in [0.1, 0.15) is 0 Å². The van der Waals surface area contributed by atoms with Crippen molar-refractivity contribution in [2.24, 2.45) is 4.99 Å². The lowest BCUT2D eigenvalue weighted by Crippen LogP contribution is -2.10. The third-order valence-corrected chi connectivity index (χ3v) is 14.1. The van der Waals surface area contributed by atoms with E-state index in [2.05, 4.69) is 141 Å². The quantitative estimate of drug-likeness (QED) is 0.102. The van der Waals surface area contributed by atoms with Crippen molar-refractivity contribution in [2.75, 3.05) is 0 Å². The van der Waals surface area contributed by atoms with Gasteiger partial charge in [-0.25, -0.2) is 15.0 Å². The van der Waals surface area contributed by atoms with E-state index in [1.54, 1.807) is 0 Å². The van der Waals surface area contributed by atoms with Crippen LogP contribution >= 0.6 is 23.1 Å². The van der Waals surface area contributed by atoms with Gasteiger partial charge in [-0.15, -0.1) is 23.1 Å². The summed E-state index contributed by atoms with van der Waals surface area (Å²) >= 11 is 3.85. The van der Waals surface area contributed by atoms with Gasteiger partial charge in [-0.1, -0.05) is 146 Å². The number of rotatable bonds is 10. The van der Waals surface area contributed by atoms with E-state index in [1.165, 1.54) is 59.3 Å². The van der Waals surface area contributed by atoms with Crippen LogP contribution in [0, 0.1) is 6.92 Å². The molecule has 0 radical (unpaired) electrons. The molecule has 1 aliphatic carbocycles. The maximum absolute atomic E-state index is 5.30. The van der Waals surface area contributed by atoms with E-state index in [0.29, 0.717) is 23.4 Å². The van der Waals surface area contributed by atoms with E-state index < -0.39 is 0 Å². The monoisotopic (exact) mass is 798 g/mol. The van der Waals surface area contributed by atoms with E-state index in [4.69, 9.17) is 19.9 Å². The van der Waals surface area contributed by atoms with Crippen molar-refractivity contribution >= 4 is 54.7 Å². The number of benzene rings is 7. The van der Waals surface area contributed by atoms with Crippen molar-refractivity contribution in [3.8, 4) is 45.3 Å². The van der Waals surface area contributed by atoms with Gasteiger partial charge in [-0.05, 0) is 90.3 Å². The molecule has 0 unspecified atom stereocenters. The zero-order valence-corrected chi connectivity index (χ0v) is 34.7. The number of hydrogen-bond acceptors (Lipinski definition) is 6. The van der Waals surface area contributed by atoms with Crippen molar-refractivity contribution in [1.29, 1.82) is 0 Å². The third-order valence-electron chi connectivity index (χ3n) is 11.5. The van der Waals surface area contributed by atoms with E-state index in [-0.39, 0.29) is 0 Å². The fourth-order valence-electron chi connectivity index (χ4n) is 8.01. The summed E-state index contributed by atoms with van der Waals surface area (Å²) in [7, 11) is 0.